The molecule has 1 heterocycles. The Hall–Kier alpha value is -1.33. The fourth-order valence-corrected chi connectivity index (χ4v) is 1.04. The topological polar surface area (TPSA) is 77.5 Å². The predicted octanol–water partition coefficient (Wildman–Crippen LogP) is 0.810. The summed E-state index contributed by atoms with van der Waals surface area (Å²) in [5.74, 6) is 4.76. The van der Waals surface area contributed by atoms with Crippen molar-refractivity contribution in [3.8, 4) is 0 Å². The Morgan fingerprint density at radius 3 is 3.14 bits per heavy atom. The Morgan fingerprint density at radius 1 is 1.71 bits per heavy atom. The predicted molar refractivity (Wildman–Crippen MR) is 50.3 cm³/mol. The van der Waals surface area contributed by atoms with E-state index in [1.165, 1.54) is 6.26 Å². The molecule has 0 saturated carbocycles. The van der Waals surface area contributed by atoms with E-state index in [1.54, 1.807) is 6.07 Å². The van der Waals surface area contributed by atoms with Crippen molar-refractivity contribution >= 4 is 5.91 Å². The molecule has 1 aromatic rings. The van der Waals surface area contributed by atoms with Gasteiger partial charge in [-0.05, 0) is 12.5 Å². The number of carbonyl (C=O) groups is 1. The van der Waals surface area contributed by atoms with Gasteiger partial charge in [-0.15, -0.1) is 0 Å². The molecular formula is C9H14N2O3. The van der Waals surface area contributed by atoms with Crippen LogP contribution in [0.3, 0.4) is 0 Å². The fourth-order valence-electron chi connectivity index (χ4n) is 1.04. The van der Waals surface area contributed by atoms with Crippen LogP contribution in [0.25, 0.3) is 0 Å². The average molecular weight is 198 g/mol. The van der Waals surface area contributed by atoms with Crippen molar-refractivity contribution in [2.75, 3.05) is 6.61 Å². The van der Waals surface area contributed by atoms with E-state index in [2.05, 4.69) is 0 Å². The number of furan rings is 1. The maximum absolute atomic E-state index is 11.1. The van der Waals surface area contributed by atoms with Crippen molar-refractivity contribution in [2.45, 2.75) is 20.0 Å². The van der Waals surface area contributed by atoms with Crippen LogP contribution >= 0.6 is 0 Å². The van der Waals surface area contributed by atoms with E-state index >= 15 is 0 Å². The minimum absolute atomic E-state index is 0.212. The Labute approximate surface area is 82.2 Å². The van der Waals surface area contributed by atoms with Crippen LogP contribution in [-0.2, 0) is 11.3 Å². The zero-order chi connectivity index (χ0) is 10.4. The van der Waals surface area contributed by atoms with E-state index in [0.717, 1.165) is 6.42 Å². The largest absolute Gasteiger partial charge is 0.459 e. The van der Waals surface area contributed by atoms with E-state index in [0.29, 0.717) is 18.8 Å². The highest BCUT2D eigenvalue weighted by Gasteiger charge is 2.13. The zero-order valence-electron chi connectivity index (χ0n) is 8.08. The summed E-state index contributed by atoms with van der Waals surface area (Å²) in [6.07, 6.45) is 2.38. The molecule has 0 aromatic carbocycles. The van der Waals surface area contributed by atoms with Crippen molar-refractivity contribution in [3.05, 3.63) is 23.7 Å². The van der Waals surface area contributed by atoms with E-state index in [-0.39, 0.29) is 5.76 Å². The third kappa shape index (κ3) is 2.58. The standard InChI is InChI=1S/C9H14N2O3/c1-2-4-13-6-7-3-5-14-8(7)9(12)11-10/h3,5H,2,4,6,10H2,1H3,(H,11,12). The van der Waals surface area contributed by atoms with Gasteiger partial charge in [0.1, 0.15) is 0 Å². The SMILES string of the molecule is CCCOCc1ccoc1C(=O)NN. The second kappa shape index (κ2) is 5.41. The molecule has 0 aliphatic carbocycles. The molecule has 1 aromatic heterocycles. The Bertz CT molecular complexity index is 296. The molecule has 14 heavy (non-hydrogen) atoms. The summed E-state index contributed by atoms with van der Waals surface area (Å²) in [5.41, 5.74) is 2.72. The van der Waals surface area contributed by atoms with Gasteiger partial charge in [0.2, 0.25) is 0 Å². The number of nitrogens with one attached hydrogen (secondary N) is 1. The monoisotopic (exact) mass is 198 g/mol. The lowest BCUT2D eigenvalue weighted by Crippen LogP contribution is -2.30. The van der Waals surface area contributed by atoms with Crippen LogP contribution < -0.4 is 11.3 Å². The number of carbonyl (C=O) groups excluding carboxylic acids is 1. The number of nitrogens with two attached hydrogens (primary N) is 1. The Morgan fingerprint density at radius 2 is 2.50 bits per heavy atom. The number of ether oxygens (including phenoxy) is 1. The molecule has 0 unspecified atom stereocenters. The van der Waals surface area contributed by atoms with Crippen molar-refractivity contribution in [2.24, 2.45) is 5.84 Å². The highest BCUT2D eigenvalue weighted by Crippen LogP contribution is 2.11. The van der Waals surface area contributed by atoms with Gasteiger partial charge in [0, 0.05) is 12.2 Å². The molecule has 0 atom stereocenters. The molecule has 1 amide bonds. The Balaban J connectivity index is 2.58. The van der Waals surface area contributed by atoms with Crippen molar-refractivity contribution in [1.29, 1.82) is 0 Å². The molecule has 5 nitrogen and oxygen atoms in total. The highest BCUT2D eigenvalue weighted by molar-refractivity contribution is 5.92. The van der Waals surface area contributed by atoms with Gasteiger partial charge in [-0.2, -0.15) is 0 Å². The third-order valence-corrected chi connectivity index (χ3v) is 1.69. The van der Waals surface area contributed by atoms with Gasteiger partial charge >= 0.3 is 5.91 Å². The molecule has 0 aliphatic heterocycles. The molecule has 3 N–H and O–H groups in total. The molecule has 78 valence electrons. The molecule has 0 radical (unpaired) electrons. The molecule has 0 spiro atoms. The number of hydrazine groups is 1. The molecule has 0 saturated heterocycles. The van der Waals surface area contributed by atoms with E-state index in [4.69, 9.17) is 15.0 Å². The summed E-state index contributed by atoms with van der Waals surface area (Å²) in [4.78, 5) is 11.1. The van der Waals surface area contributed by atoms with Crippen LogP contribution in [0.1, 0.15) is 29.5 Å². The normalized spacial score (nSPS) is 10.1. The van der Waals surface area contributed by atoms with Gasteiger partial charge in [-0.3, -0.25) is 10.2 Å². The van der Waals surface area contributed by atoms with Crippen LogP contribution in [0.4, 0.5) is 0 Å². The summed E-state index contributed by atoms with van der Waals surface area (Å²) >= 11 is 0. The summed E-state index contributed by atoms with van der Waals surface area (Å²) in [6.45, 7) is 3.05. The first kappa shape index (κ1) is 10.7. The molecular weight excluding hydrogens is 184 g/mol. The van der Waals surface area contributed by atoms with Crippen LogP contribution in [0.15, 0.2) is 16.7 Å². The van der Waals surface area contributed by atoms with Crippen LogP contribution in [0.5, 0.6) is 0 Å². The molecule has 5 heteroatoms. The minimum atomic E-state index is -0.440. The second-order valence-corrected chi connectivity index (χ2v) is 2.80. The molecule has 0 aliphatic rings. The second-order valence-electron chi connectivity index (χ2n) is 2.80. The molecule has 0 fully saturated rings. The van der Waals surface area contributed by atoms with Gasteiger partial charge in [0.15, 0.2) is 5.76 Å². The first-order valence-electron chi connectivity index (χ1n) is 4.44. The van der Waals surface area contributed by atoms with Crippen molar-refractivity contribution < 1.29 is 13.9 Å². The highest BCUT2D eigenvalue weighted by atomic mass is 16.5. The lowest BCUT2D eigenvalue weighted by Gasteiger charge is -2.02. The van der Waals surface area contributed by atoms with Gasteiger partial charge in [-0.1, -0.05) is 6.92 Å². The maximum Gasteiger partial charge on any atom is 0.301 e. The van der Waals surface area contributed by atoms with E-state index in [1.807, 2.05) is 12.3 Å². The van der Waals surface area contributed by atoms with E-state index < -0.39 is 5.91 Å². The van der Waals surface area contributed by atoms with Gasteiger partial charge in [-0.25, -0.2) is 5.84 Å². The lowest BCUT2D eigenvalue weighted by atomic mass is 10.2. The minimum Gasteiger partial charge on any atom is -0.459 e. The Kier molecular flexibility index (Phi) is 4.15. The van der Waals surface area contributed by atoms with Gasteiger partial charge in [0.05, 0.1) is 12.9 Å². The van der Waals surface area contributed by atoms with Crippen LogP contribution in [-0.4, -0.2) is 12.5 Å². The lowest BCUT2D eigenvalue weighted by molar-refractivity contribution is 0.0908. The van der Waals surface area contributed by atoms with Crippen molar-refractivity contribution in [1.82, 2.24) is 5.43 Å². The first-order chi connectivity index (χ1) is 6.79. The number of nitrogen functional groups attached to an aromatic ring is 1. The van der Waals surface area contributed by atoms with Crippen LogP contribution in [0, 0.1) is 0 Å². The summed E-state index contributed by atoms with van der Waals surface area (Å²) in [6, 6.07) is 1.69. The number of rotatable bonds is 5. The van der Waals surface area contributed by atoms with Crippen molar-refractivity contribution in [3.63, 3.8) is 0 Å². The zero-order valence-corrected chi connectivity index (χ0v) is 8.08. The smallest absolute Gasteiger partial charge is 0.301 e. The quantitative estimate of drug-likeness (QED) is 0.317. The van der Waals surface area contributed by atoms with Gasteiger partial charge in [0.25, 0.3) is 0 Å². The summed E-state index contributed by atoms with van der Waals surface area (Å²) in [7, 11) is 0. The third-order valence-electron chi connectivity index (χ3n) is 1.69. The maximum atomic E-state index is 11.1. The van der Waals surface area contributed by atoms with Crippen LogP contribution in [0.2, 0.25) is 0 Å². The number of amides is 1. The summed E-state index contributed by atoms with van der Waals surface area (Å²) < 4.78 is 10.3. The molecule has 0 bridgehead atoms. The fraction of sp³-hybridized carbons (Fsp3) is 0.444. The number of hydrogen-bond donors (Lipinski definition) is 2. The molecule has 1 rings (SSSR count). The first-order valence-corrected chi connectivity index (χ1v) is 4.44. The van der Waals surface area contributed by atoms with E-state index in [9.17, 15) is 4.79 Å². The summed E-state index contributed by atoms with van der Waals surface area (Å²) in [5, 5.41) is 0. The van der Waals surface area contributed by atoms with Gasteiger partial charge < -0.3 is 9.15 Å². The average Bonchev–Trinajstić information content (AvgIpc) is 2.65. The number of hydrogen-bond acceptors (Lipinski definition) is 4.